The molecule has 0 aliphatic heterocycles. The Morgan fingerprint density at radius 3 is 2.50 bits per heavy atom. The number of nitrogens with two attached hydrogens (primary N) is 1. The van der Waals surface area contributed by atoms with Gasteiger partial charge < -0.3 is 15.2 Å². The van der Waals surface area contributed by atoms with Crippen molar-refractivity contribution in [2.45, 2.75) is 31.6 Å². The van der Waals surface area contributed by atoms with E-state index in [1.807, 2.05) is 54.0 Å². The molecule has 2 amide bonds. The third-order valence-electron chi connectivity index (χ3n) is 4.49. The SMILES string of the molecule is CCn1c(SCC(=O)N(CCC(N)=O)Cc2ccccc2)nnc1-c1ccncc1. The van der Waals surface area contributed by atoms with Gasteiger partial charge in [-0.2, -0.15) is 0 Å². The average Bonchev–Trinajstić information content (AvgIpc) is 3.19. The van der Waals surface area contributed by atoms with E-state index in [1.54, 1.807) is 17.3 Å². The first-order chi connectivity index (χ1) is 14.6. The van der Waals surface area contributed by atoms with Crippen LogP contribution in [0.1, 0.15) is 18.9 Å². The molecule has 0 unspecified atom stereocenters. The zero-order valence-electron chi connectivity index (χ0n) is 16.8. The summed E-state index contributed by atoms with van der Waals surface area (Å²) in [5.41, 5.74) is 7.21. The van der Waals surface area contributed by atoms with Gasteiger partial charge in [0.05, 0.1) is 5.75 Å². The number of pyridine rings is 1. The van der Waals surface area contributed by atoms with E-state index in [0.29, 0.717) is 18.2 Å². The summed E-state index contributed by atoms with van der Waals surface area (Å²) in [6, 6.07) is 13.4. The van der Waals surface area contributed by atoms with Gasteiger partial charge in [-0.15, -0.1) is 10.2 Å². The third kappa shape index (κ3) is 5.66. The normalized spacial score (nSPS) is 10.7. The van der Waals surface area contributed by atoms with Gasteiger partial charge in [0.25, 0.3) is 0 Å². The van der Waals surface area contributed by atoms with Gasteiger partial charge in [0.15, 0.2) is 11.0 Å². The molecule has 0 radical (unpaired) electrons. The van der Waals surface area contributed by atoms with Gasteiger partial charge in [0.1, 0.15) is 0 Å². The standard InChI is InChI=1S/C21H24N6O2S/c1-2-27-20(17-8-11-23-12-9-17)24-25-21(27)30-15-19(29)26(13-10-18(22)28)14-16-6-4-3-5-7-16/h3-9,11-12H,2,10,13-15H2,1H3,(H2,22,28). The Bertz CT molecular complexity index is 978. The van der Waals surface area contributed by atoms with Crippen LogP contribution >= 0.6 is 11.8 Å². The van der Waals surface area contributed by atoms with Crippen molar-refractivity contribution in [2.24, 2.45) is 5.73 Å². The van der Waals surface area contributed by atoms with Crippen LogP contribution in [0.4, 0.5) is 0 Å². The molecule has 2 aromatic heterocycles. The number of aromatic nitrogens is 4. The van der Waals surface area contributed by atoms with Gasteiger partial charge in [0.2, 0.25) is 11.8 Å². The molecule has 0 spiro atoms. The second kappa shape index (κ2) is 10.5. The largest absolute Gasteiger partial charge is 0.370 e. The summed E-state index contributed by atoms with van der Waals surface area (Å²) in [4.78, 5) is 29.8. The first-order valence-electron chi connectivity index (χ1n) is 9.65. The lowest BCUT2D eigenvalue weighted by Crippen LogP contribution is -2.34. The van der Waals surface area contributed by atoms with E-state index in [0.717, 1.165) is 17.0 Å². The molecule has 3 rings (SSSR count). The molecule has 0 atom stereocenters. The predicted molar refractivity (Wildman–Crippen MR) is 115 cm³/mol. The number of carbonyl (C=O) groups excluding carboxylic acids is 2. The van der Waals surface area contributed by atoms with Crippen molar-refractivity contribution in [3.8, 4) is 11.4 Å². The van der Waals surface area contributed by atoms with E-state index < -0.39 is 5.91 Å². The van der Waals surface area contributed by atoms with Crippen molar-refractivity contribution in [1.29, 1.82) is 0 Å². The average molecular weight is 425 g/mol. The van der Waals surface area contributed by atoms with Crippen molar-refractivity contribution in [2.75, 3.05) is 12.3 Å². The van der Waals surface area contributed by atoms with E-state index in [9.17, 15) is 9.59 Å². The molecule has 8 nitrogen and oxygen atoms in total. The second-order valence-corrected chi connectivity index (χ2v) is 7.53. The van der Waals surface area contributed by atoms with Crippen LogP contribution in [-0.4, -0.2) is 48.8 Å². The number of amides is 2. The maximum atomic E-state index is 12.9. The Morgan fingerprint density at radius 2 is 1.83 bits per heavy atom. The topological polar surface area (TPSA) is 107 Å². The Balaban J connectivity index is 1.70. The summed E-state index contributed by atoms with van der Waals surface area (Å²) in [7, 11) is 0. The highest BCUT2D eigenvalue weighted by Gasteiger charge is 2.18. The molecular weight excluding hydrogens is 400 g/mol. The van der Waals surface area contributed by atoms with Crippen LogP contribution in [0.3, 0.4) is 0 Å². The lowest BCUT2D eigenvalue weighted by atomic mass is 10.2. The van der Waals surface area contributed by atoms with Crippen molar-refractivity contribution in [3.05, 3.63) is 60.4 Å². The monoisotopic (exact) mass is 424 g/mol. The Labute approximate surface area is 179 Å². The third-order valence-corrected chi connectivity index (χ3v) is 5.44. The molecule has 0 bridgehead atoms. The molecule has 1 aromatic carbocycles. The van der Waals surface area contributed by atoms with Gasteiger partial charge in [-0.05, 0) is 24.6 Å². The molecule has 2 heterocycles. The zero-order valence-corrected chi connectivity index (χ0v) is 17.6. The predicted octanol–water partition coefficient (Wildman–Crippen LogP) is 2.36. The highest BCUT2D eigenvalue weighted by atomic mass is 32.2. The van der Waals surface area contributed by atoms with E-state index in [-0.39, 0.29) is 24.6 Å². The first-order valence-corrected chi connectivity index (χ1v) is 10.6. The summed E-state index contributed by atoms with van der Waals surface area (Å²) < 4.78 is 1.97. The van der Waals surface area contributed by atoms with Crippen LogP contribution in [0.5, 0.6) is 0 Å². The van der Waals surface area contributed by atoms with E-state index >= 15 is 0 Å². The van der Waals surface area contributed by atoms with Gasteiger partial charge in [-0.3, -0.25) is 14.6 Å². The Morgan fingerprint density at radius 1 is 1.10 bits per heavy atom. The number of primary amides is 1. The fourth-order valence-corrected chi connectivity index (χ4v) is 3.86. The molecule has 156 valence electrons. The fourth-order valence-electron chi connectivity index (χ4n) is 2.95. The maximum Gasteiger partial charge on any atom is 0.233 e. The quantitative estimate of drug-likeness (QED) is 0.501. The highest BCUT2D eigenvalue weighted by Crippen LogP contribution is 2.24. The highest BCUT2D eigenvalue weighted by molar-refractivity contribution is 7.99. The van der Waals surface area contributed by atoms with Crippen LogP contribution in [0, 0.1) is 0 Å². The van der Waals surface area contributed by atoms with Gasteiger partial charge in [-0.1, -0.05) is 42.1 Å². The van der Waals surface area contributed by atoms with E-state index in [4.69, 9.17) is 5.73 Å². The van der Waals surface area contributed by atoms with Crippen LogP contribution < -0.4 is 5.73 Å². The second-order valence-electron chi connectivity index (χ2n) is 6.59. The van der Waals surface area contributed by atoms with Crippen LogP contribution in [-0.2, 0) is 22.7 Å². The number of carbonyl (C=O) groups is 2. The fraction of sp³-hybridized carbons (Fsp3) is 0.286. The van der Waals surface area contributed by atoms with Gasteiger partial charge in [0, 0.05) is 44.0 Å². The van der Waals surface area contributed by atoms with Crippen LogP contribution in [0.15, 0.2) is 60.0 Å². The van der Waals surface area contributed by atoms with Gasteiger partial charge >= 0.3 is 0 Å². The number of nitrogens with zero attached hydrogens (tertiary/aromatic N) is 5. The van der Waals surface area contributed by atoms with Gasteiger partial charge in [-0.25, -0.2) is 0 Å². The minimum atomic E-state index is -0.429. The molecule has 0 saturated heterocycles. The van der Waals surface area contributed by atoms with E-state index in [1.165, 1.54) is 11.8 Å². The molecule has 2 N–H and O–H groups in total. The Hall–Kier alpha value is -3.20. The summed E-state index contributed by atoms with van der Waals surface area (Å²) in [6.45, 7) is 3.40. The molecule has 0 aliphatic rings. The molecule has 30 heavy (non-hydrogen) atoms. The van der Waals surface area contributed by atoms with Crippen molar-refractivity contribution in [3.63, 3.8) is 0 Å². The number of benzene rings is 1. The molecule has 3 aromatic rings. The minimum Gasteiger partial charge on any atom is -0.370 e. The van der Waals surface area contributed by atoms with Crippen molar-refractivity contribution >= 4 is 23.6 Å². The zero-order chi connectivity index (χ0) is 21.3. The summed E-state index contributed by atoms with van der Waals surface area (Å²) >= 11 is 1.33. The number of rotatable bonds is 10. The lowest BCUT2D eigenvalue weighted by Gasteiger charge is -2.22. The number of thioether (sulfide) groups is 1. The van der Waals surface area contributed by atoms with Crippen molar-refractivity contribution in [1.82, 2.24) is 24.6 Å². The Kier molecular flexibility index (Phi) is 7.56. The van der Waals surface area contributed by atoms with Crippen LogP contribution in [0.2, 0.25) is 0 Å². The molecular formula is C21H24N6O2S. The summed E-state index contributed by atoms with van der Waals surface area (Å²) in [6.07, 6.45) is 3.54. The summed E-state index contributed by atoms with van der Waals surface area (Å²) in [5.74, 6) is 0.423. The molecule has 0 fully saturated rings. The van der Waals surface area contributed by atoms with E-state index in [2.05, 4.69) is 15.2 Å². The number of hydrogen-bond donors (Lipinski definition) is 1. The van der Waals surface area contributed by atoms with Crippen LogP contribution in [0.25, 0.3) is 11.4 Å². The first kappa shape index (κ1) is 21.5. The molecule has 0 aliphatic carbocycles. The minimum absolute atomic E-state index is 0.0822. The van der Waals surface area contributed by atoms with Crippen molar-refractivity contribution < 1.29 is 9.59 Å². The molecule has 9 heteroatoms. The lowest BCUT2D eigenvalue weighted by molar-refractivity contribution is -0.129. The smallest absolute Gasteiger partial charge is 0.233 e. The maximum absolute atomic E-state index is 12.9. The molecule has 0 saturated carbocycles. The number of hydrogen-bond acceptors (Lipinski definition) is 6. The summed E-state index contributed by atoms with van der Waals surface area (Å²) in [5, 5.41) is 9.22.